The molecular formula is C29H25NO5S. The molecule has 0 saturated heterocycles. The number of esters is 1. The minimum Gasteiger partial charge on any atom is -0.445 e. The first-order valence-corrected chi connectivity index (χ1v) is 12.7. The van der Waals surface area contributed by atoms with Gasteiger partial charge in [-0.3, -0.25) is 9.10 Å². The first-order chi connectivity index (χ1) is 17.3. The number of nitrogens with zero attached hydrogens (tertiary/aromatic N) is 1. The summed E-state index contributed by atoms with van der Waals surface area (Å²) in [5, 5.41) is 0. The van der Waals surface area contributed by atoms with Gasteiger partial charge in [0.05, 0.1) is 16.1 Å². The standard InChI is InChI=1S/C29H25NO5S/c1-21-16-18-25(19-17-21)30(2)36(33,34)26-15-9-14-24(20-26)29(32)35-28(23-12-7-4-8-13-23)27(31)22-10-5-3-6-11-22/h3-20,28H,1-2H3. The number of anilines is 1. The van der Waals surface area contributed by atoms with Crippen LogP contribution in [0.5, 0.6) is 0 Å². The zero-order valence-electron chi connectivity index (χ0n) is 19.9. The Bertz CT molecular complexity index is 1470. The minimum atomic E-state index is -3.94. The molecule has 0 fully saturated rings. The van der Waals surface area contributed by atoms with Gasteiger partial charge in [0, 0.05) is 18.2 Å². The van der Waals surface area contributed by atoms with E-state index in [1.165, 1.54) is 31.3 Å². The number of ether oxygens (including phenoxy) is 1. The summed E-state index contributed by atoms with van der Waals surface area (Å²) in [6.07, 6.45) is -1.18. The summed E-state index contributed by atoms with van der Waals surface area (Å²) in [4.78, 5) is 26.3. The van der Waals surface area contributed by atoms with Crippen LogP contribution in [0.2, 0.25) is 0 Å². The summed E-state index contributed by atoms with van der Waals surface area (Å²) in [6, 6.07) is 30.0. The Hall–Kier alpha value is -4.23. The lowest BCUT2D eigenvalue weighted by atomic mass is 10.00. The molecule has 0 N–H and O–H groups in total. The summed E-state index contributed by atoms with van der Waals surface area (Å²) >= 11 is 0. The van der Waals surface area contributed by atoms with Gasteiger partial charge in [-0.1, -0.05) is 84.4 Å². The third-order valence-electron chi connectivity index (χ3n) is 5.75. The van der Waals surface area contributed by atoms with Gasteiger partial charge in [0.2, 0.25) is 5.78 Å². The number of carbonyl (C=O) groups excluding carboxylic acids is 2. The van der Waals surface area contributed by atoms with Gasteiger partial charge < -0.3 is 4.74 Å². The van der Waals surface area contributed by atoms with Crippen LogP contribution in [0.4, 0.5) is 5.69 Å². The molecule has 0 heterocycles. The monoisotopic (exact) mass is 499 g/mol. The van der Waals surface area contributed by atoms with E-state index in [0.29, 0.717) is 16.8 Å². The molecule has 0 aliphatic rings. The van der Waals surface area contributed by atoms with Gasteiger partial charge in [-0.15, -0.1) is 0 Å². The Morgan fingerprint density at radius 2 is 1.33 bits per heavy atom. The number of carbonyl (C=O) groups is 2. The average Bonchev–Trinajstić information content (AvgIpc) is 2.92. The second-order valence-electron chi connectivity index (χ2n) is 8.26. The van der Waals surface area contributed by atoms with Gasteiger partial charge in [0.25, 0.3) is 10.0 Å². The van der Waals surface area contributed by atoms with E-state index in [4.69, 9.17) is 4.74 Å². The third-order valence-corrected chi connectivity index (χ3v) is 7.53. The molecule has 1 atom stereocenters. The van der Waals surface area contributed by atoms with E-state index in [-0.39, 0.29) is 16.2 Å². The summed E-state index contributed by atoms with van der Waals surface area (Å²) in [5.74, 6) is -1.18. The fourth-order valence-electron chi connectivity index (χ4n) is 3.66. The predicted molar refractivity (Wildman–Crippen MR) is 139 cm³/mol. The normalized spacial score (nSPS) is 11.9. The molecule has 4 aromatic rings. The number of Topliss-reactive ketones (excluding diaryl/α,β-unsaturated/α-hetero) is 1. The van der Waals surface area contributed by atoms with E-state index in [1.54, 1.807) is 72.8 Å². The summed E-state index contributed by atoms with van der Waals surface area (Å²) in [7, 11) is -2.49. The zero-order valence-corrected chi connectivity index (χ0v) is 20.7. The molecule has 1 unspecified atom stereocenters. The summed E-state index contributed by atoms with van der Waals surface area (Å²) in [5.41, 5.74) is 2.44. The van der Waals surface area contributed by atoms with Crippen molar-refractivity contribution in [2.75, 3.05) is 11.4 Å². The fourth-order valence-corrected chi connectivity index (χ4v) is 4.91. The lowest BCUT2D eigenvalue weighted by Gasteiger charge is -2.20. The molecule has 7 heteroatoms. The highest BCUT2D eigenvalue weighted by molar-refractivity contribution is 7.92. The van der Waals surface area contributed by atoms with Crippen LogP contribution in [0.3, 0.4) is 0 Å². The molecule has 0 aliphatic heterocycles. The molecule has 0 amide bonds. The van der Waals surface area contributed by atoms with Gasteiger partial charge in [-0.25, -0.2) is 13.2 Å². The minimum absolute atomic E-state index is 0.0233. The molecule has 4 aromatic carbocycles. The van der Waals surface area contributed by atoms with E-state index in [9.17, 15) is 18.0 Å². The van der Waals surface area contributed by atoms with Gasteiger partial charge >= 0.3 is 5.97 Å². The third kappa shape index (κ3) is 5.37. The van der Waals surface area contributed by atoms with Crippen LogP contribution in [-0.2, 0) is 14.8 Å². The molecule has 0 aliphatic carbocycles. The van der Waals surface area contributed by atoms with E-state index >= 15 is 0 Å². The molecule has 0 saturated carbocycles. The Labute approximate surface area is 210 Å². The number of hydrogen-bond donors (Lipinski definition) is 0. The SMILES string of the molecule is Cc1ccc(N(C)S(=O)(=O)c2cccc(C(=O)OC(C(=O)c3ccccc3)c3ccccc3)c2)cc1. The highest BCUT2D eigenvalue weighted by Crippen LogP contribution is 2.26. The molecule has 182 valence electrons. The molecule has 0 spiro atoms. The molecule has 6 nitrogen and oxygen atoms in total. The lowest BCUT2D eigenvalue weighted by Crippen LogP contribution is -2.27. The first-order valence-electron chi connectivity index (χ1n) is 11.3. The number of sulfonamides is 1. The van der Waals surface area contributed by atoms with E-state index < -0.39 is 22.1 Å². The molecular weight excluding hydrogens is 474 g/mol. The van der Waals surface area contributed by atoms with Gasteiger partial charge in [-0.2, -0.15) is 0 Å². The van der Waals surface area contributed by atoms with Gasteiger partial charge in [-0.05, 0) is 37.3 Å². The quantitative estimate of drug-likeness (QED) is 0.233. The maximum Gasteiger partial charge on any atom is 0.339 e. The van der Waals surface area contributed by atoms with E-state index in [2.05, 4.69) is 0 Å². The number of benzene rings is 4. The van der Waals surface area contributed by atoms with Crippen LogP contribution in [0.25, 0.3) is 0 Å². The van der Waals surface area contributed by atoms with Crippen LogP contribution in [-0.4, -0.2) is 27.2 Å². The maximum atomic E-state index is 13.2. The van der Waals surface area contributed by atoms with Crippen molar-refractivity contribution in [1.82, 2.24) is 0 Å². The van der Waals surface area contributed by atoms with Gasteiger partial charge in [0.15, 0.2) is 6.10 Å². The molecule has 0 aromatic heterocycles. The predicted octanol–water partition coefficient (Wildman–Crippen LogP) is 5.60. The van der Waals surface area contributed by atoms with Crippen molar-refractivity contribution in [2.45, 2.75) is 17.9 Å². The average molecular weight is 500 g/mol. The summed E-state index contributed by atoms with van der Waals surface area (Å²) in [6.45, 7) is 1.92. The molecule has 0 radical (unpaired) electrons. The first kappa shape index (κ1) is 24.9. The molecule has 36 heavy (non-hydrogen) atoms. The van der Waals surface area contributed by atoms with Crippen molar-refractivity contribution < 1.29 is 22.7 Å². The van der Waals surface area contributed by atoms with Crippen LogP contribution in [0, 0.1) is 6.92 Å². The van der Waals surface area contributed by atoms with Crippen LogP contribution >= 0.6 is 0 Å². The Morgan fingerprint density at radius 3 is 1.97 bits per heavy atom. The smallest absolute Gasteiger partial charge is 0.339 e. The number of rotatable bonds is 8. The van der Waals surface area contributed by atoms with Crippen LogP contribution in [0.15, 0.2) is 114 Å². The highest BCUT2D eigenvalue weighted by Gasteiger charge is 2.28. The second kappa shape index (κ2) is 10.6. The van der Waals surface area contributed by atoms with E-state index in [1.807, 2.05) is 19.1 Å². The maximum absolute atomic E-state index is 13.2. The Kier molecular flexibility index (Phi) is 7.31. The highest BCUT2D eigenvalue weighted by atomic mass is 32.2. The van der Waals surface area contributed by atoms with E-state index in [0.717, 1.165) is 9.87 Å². The van der Waals surface area contributed by atoms with Crippen molar-refractivity contribution in [2.24, 2.45) is 0 Å². The van der Waals surface area contributed by atoms with Crippen molar-refractivity contribution in [1.29, 1.82) is 0 Å². The van der Waals surface area contributed by atoms with Crippen molar-refractivity contribution in [3.8, 4) is 0 Å². The topological polar surface area (TPSA) is 80.8 Å². The molecule has 0 bridgehead atoms. The summed E-state index contributed by atoms with van der Waals surface area (Å²) < 4.78 is 33.3. The molecule has 4 rings (SSSR count). The van der Waals surface area contributed by atoms with Crippen molar-refractivity contribution >= 4 is 27.5 Å². The van der Waals surface area contributed by atoms with Crippen molar-refractivity contribution in [3.05, 3.63) is 131 Å². The number of ketones is 1. The zero-order chi connectivity index (χ0) is 25.7. The van der Waals surface area contributed by atoms with Gasteiger partial charge in [0.1, 0.15) is 0 Å². The second-order valence-corrected chi connectivity index (χ2v) is 10.2. The fraction of sp³-hybridized carbons (Fsp3) is 0.103. The van der Waals surface area contributed by atoms with Crippen LogP contribution < -0.4 is 4.31 Å². The van der Waals surface area contributed by atoms with Crippen molar-refractivity contribution in [3.63, 3.8) is 0 Å². The lowest BCUT2D eigenvalue weighted by molar-refractivity contribution is 0.0280. The largest absolute Gasteiger partial charge is 0.445 e. The Balaban J connectivity index is 1.63. The van der Waals surface area contributed by atoms with Crippen LogP contribution in [0.1, 0.15) is 37.9 Å². The number of hydrogen-bond acceptors (Lipinski definition) is 5. The number of aryl methyl sites for hydroxylation is 1. The Morgan fingerprint density at radius 1 is 0.750 bits per heavy atom.